The van der Waals surface area contributed by atoms with Crippen molar-refractivity contribution in [1.82, 2.24) is 0 Å². The zero-order valence-electron chi connectivity index (χ0n) is 14.2. The van der Waals surface area contributed by atoms with E-state index in [0.717, 1.165) is 22.3 Å². The molecule has 0 fully saturated rings. The molecule has 1 N–H and O–H groups in total. The molecule has 0 amide bonds. The summed E-state index contributed by atoms with van der Waals surface area (Å²) in [5, 5.41) is 9.56. The standard InChI is InChI=1S/C20H24O3/c1-13(2)17-10-5-6-11-18(17)23-19(20(21)22)12-16-9-7-8-14(3)15(16)4/h5-11,13,19H,12H2,1-4H3,(H,21,22)/t19-/m1/s1. The molecule has 2 aromatic rings. The van der Waals surface area contributed by atoms with E-state index in [4.69, 9.17) is 4.74 Å². The molecule has 0 saturated carbocycles. The third-order valence-electron chi connectivity index (χ3n) is 4.21. The van der Waals surface area contributed by atoms with Crippen LogP contribution in [0.4, 0.5) is 0 Å². The molecular weight excluding hydrogens is 288 g/mol. The molecule has 2 rings (SSSR count). The lowest BCUT2D eigenvalue weighted by molar-refractivity contribution is -0.145. The second kappa shape index (κ2) is 7.32. The predicted octanol–water partition coefficient (Wildman–Crippen LogP) is 4.50. The van der Waals surface area contributed by atoms with Crippen LogP contribution in [0.3, 0.4) is 0 Å². The zero-order valence-corrected chi connectivity index (χ0v) is 14.2. The zero-order chi connectivity index (χ0) is 17.0. The molecule has 2 aromatic carbocycles. The monoisotopic (exact) mass is 312 g/mol. The molecule has 0 aliphatic carbocycles. The van der Waals surface area contributed by atoms with Gasteiger partial charge in [0.15, 0.2) is 6.10 Å². The number of carboxylic acids is 1. The molecular formula is C20H24O3. The van der Waals surface area contributed by atoms with E-state index >= 15 is 0 Å². The van der Waals surface area contributed by atoms with Crippen molar-refractivity contribution >= 4 is 5.97 Å². The Hall–Kier alpha value is -2.29. The van der Waals surface area contributed by atoms with E-state index in [1.807, 2.05) is 56.3 Å². The maximum Gasteiger partial charge on any atom is 0.345 e. The third kappa shape index (κ3) is 4.13. The summed E-state index contributed by atoms with van der Waals surface area (Å²) >= 11 is 0. The van der Waals surface area contributed by atoms with Crippen LogP contribution < -0.4 is 4.74 Å². The number of rotatable bonds is 6. The third-order valence-corrected chi connectivity index (χ3v) is 4.21. The summed E-state index contributed by atoms with van der Waals surface area (Å²) in [6, 6.07) is 13.6. The Kier molecular flexibility index (Phi) is 5.43. The lowest BCUT2D eigenvalue weighted by Crippen LogP contribution is -2.30. The topological polar surface area (TPSA) is 46.5 Å². The molecule has 0 heterocycles. The van der Waals surface area contributed by atoms with Gasteiger partial charge in [-0.2, -0.15) is 0 Å². The minimum absolute atomic E-state index is 0.279. The summed E-state index contributed by atoms with van der Waals surface area (Å²) in [4.78, 5) is 11.7. The lowest BCUT2D eigenvalue weighted by Gasteiger charge is -2.20. The smallest absolute Gasteiger partial charge is 0.345 e. The van der Waals surface area contributed by atoms with Gasteiger partial charge >= 0.3 is 5.97 Å². The Labute approximate surface area is 137 Å². The van der Waals surface area contributed by atoms with Crippen LogP contribution in [0.5, 0.6) is 5.75 Å². The van der Waals surface area contributed by atoms with Crippen molar-refractivity contribution in [2.75, 3.05) is 0 Å². The highest BCUT2D eigenvalue weighted by Gasteiger charge is 2.22. The van der Waals surface area contributed by atoms with Crippen molar-refractivity contribution in [1.29, 1.82) is 0 Å². The van der Waals surface area contributed by atoms with Gasteiger partial charge in [0.25, 0.3) is 0 Å². The van der Waals surface area contributed by atoms with Crippen LogP contribution in [-0.4, -0.2) is 17.2 Å². The largest absolute Gasteiger partial charge is 0.478 e. The molecule has 0 aliphatic rings. The Morgan fingerprint density at radius 3 is 2.43 bits per heavy atom. The van der Waals surface area contributed by atoms with Crippen LogP contribution in [0.2, 0.25) is 0 Å². The maximum absolute atomic E-state index is 11.7. The van der Waals surface area contributed by atoms with Crippen LogP contribution >= 0.6 is 0 Å². The van der Waals surface area contributed by atoms with Gasteiger partial charge in [0, 0.05) is 6.42 Å². The van der Waals surface area contributed by atoms with E-state index in [9.17, 15) is 9.90 Å². The second-order valence-electron chi connectivity index (χ2n) is 6.20. The average molecular weight is 312 g/mol. The van der Waals surface area contributed by atoms with Gasteiger partial charge in [0.1, 0.15) is 5.75 Å². The number of ether oxygens (including phenoxy) is 1. The van der Waals surface area contributed by atoms with Crippen molar-refractivity contribution in [2.24, 2.45) is 0 Å². The highest BCUT2D eigenvalue weighted by Crippen LogP contribution is 2.27. The first-order valence-corrected chi connectivity index (χ1v) is 7.93. The fraction of sp³-hybridized carbons (Fsp3) is 0.350. The number of carbonyl (C=O) groups is 1. The highest BCUT2D eigenvalue weighted by molar-refractivity contribution is 5.73. The average Bonchev–Trinajstić information content (AvgIpc) is 2.51. The first-order valence-electron chi connectivity index (χ1n) is 7.93. The summed E-state index contributed by atoms with van der Waals surface area (Å²) in [5.41, 5.74) is 4.33. The molecule has 0 bridgehead atoms. The molecule has 1 atom stereocenters. The van der Waals surface area contributed by atoms with Gasteiger partial charge in [0.05, 0.1) is 0 Å². The minimum atomic E-state index is -0.940. The normalized spacial score (nSPS) is 12.2. The SMILES string of the molecule is Cc1cccc(C[C@@H](Oc2ccccc2C(C)C)C(=O)O)c1C. The fourth-order valence-corrected chi connectivity index (χ4v) is 2.63. The Morgan fingerprint density at radius 1 is 1.09 bits per heavy atom. The molecule has 23 heavy (non-hydrogen) atoms. The summed E-state index contributed by atoms with van der Waals surface area (Å²) in [6.07, 6.45) is -0.537. The van der Waals surface area contributed by atoms with E-state index in [1.165, 1.54) is 0 Å². The van der Waals surface area contributed by atoms with Gasteiger partial charge in [-0.05, 0) is 48.1 Å². The van der Waals surface area contributed by atoms with Gasteiger partial charge in [-0.3, -0.25) is 0 Å². The van der Waals surface area contributed by atoms with Gasteiger partial charge in [-0.15, -0.1) is 0 Å². The Morgan fingerprint density at radius 2 is 1.78 bits per heavy atom. The molecule has 0 aliphatic heterocycles. The fourth-order valence-electron chi connectivity index (χ4n) is 2.63. The van der Waals surface area contributed by atoms with Crippen molar-refractivity contribution in [3.05, 3.63) is 64.7 Å². The van der Waals surface area contributed by atoms with Crippen molar-refractivity contribution in [3.8, 4) is 5.75 Å². The van der Waals surface area contributed by atoms with Crippen LogP contribution in [0, 0.1) is 13.8 Å². The second-order valence-corrected chi connectivity index (χ2v) is 6.20. The number of aryl methyl sites for hydroxylation is 1. The van der Waals surface area contributed by atoms with E-state index in [-0.39, 0.29) is 5.92 Å². The van der Waals surface area contributed by atoms with E-state index in [2.05, 4.69) is 13.8 Å². The van der Waals surface area contributed by atoms with Crippen LogP contribution in [-0.2, 0) is 11.2 Å². The molecule has 0 radical (unpaired) electrons. The van der Waals surface area contributed by atoms with E-state index in [0.29, 0.717) is 12.2 Å². The van der Waals surface area contributed by atoms with Crippen molar-refractivity contribution in [3.63, 3.8) is 0 Å². The first kappa shape index (κ1) is 17.1. The molecule has 0 aromatic heterocycles. The first-order chi connectivity index (χ1) is 10.9. The summed E-state index contributed by atoms with van der Waals surface area (Å²) in [5.74, 6) is -0.00831. The van der Waals surface area contributed by atoms with Crippen molar-refractivity contribution in [2.45, 2.75) is 46.1 Å². The number of aliphatic carboxylic acids is 1. The number of benzene rings is 2. The minimum Gasteiger partial charge on any atom is -0.478 e. The van der Waals surface area contributed by atoms with Crippen LogP contribution in [0.15, 0.2) is 42.5 Å². The van der Waals surface area contributed by atoms with E-state index < -0.39 is 12.1 Å². The molecule has 0 spiro atoms. The predicted molar refractivity (Wildman–Crippen MR) is 92.2 cm³/mol. The molecule has 122 valence electrons. The van der Waals surface area contributed by atoms with Crippen LogP contribution in [0.25, 0.3) is 0 Å². The highest BCUT2D eigenvalue weighted by atomic mass is 16.5. The summed E-state index contributed by atoms with van der Waals surface area (Å²) in [7, 11) is 0. The summed E-state index contributed by atoms with van der Waals surface area (Å²) < 4.78 is 5.87. The lowest BCUT2D eigenvalue weighted by atomic mass is 9.98. The van der Waals surface area contributed by atoms with Gasteiger partial charge in [0.2, 0.25) is 0 Å². The Balaban J connectivity index is 2.27. The molecule has 3 heteroatoms. The van der Waals surface area contributed by atoms with E-state index in [1.54, 1.807) is 0 Å². The molecule has 3 nitrogen and oxygen atoms in total. The van der Waals surface area contributed by atoms with Gasteiger partial charge in [-0.1, -0.05) is 50.2 Å². The number of hydrogen-bond donors (Lipinski definition) is 1. The molecule has 0 saturated heterocycles. The summed E-state index contributed by atoms with van der Waals surface area (Å²) in [6.45, 7) is 8.19. The van der Waals surface area contributed by atoms with Gasteiger partial charge in [-0.25, -0.2) is 4.79 Å². The quantitative estimate of drug-likeness (QED) is 0.854. The van der Waals surface area contributed by atoms with Crippen molar-refractivity contribution < 1.29 is 14.6 Å². The molecule has 0 unspecified atom stereocenters. The maximum atomic E-state index is 11.7. The number of para-hydroxylation sites is 1. The number of carboxylic acid groups (broad SMARTS) is 1. The van der Waals surface area contributed by atoms with Crippen LogP contribution in [0.1, 0.15) is 42.0 Å². The number of hydrogen-bond acceptors (Lipinski definition) is 2. The Bertz CT molecular complexity index is 689. The van der Waals surface area contributed by atoms with Gasteiger partial charge < -0.3 is 9.84 Å².